The fourth-order valence-electron chi connectivity index (χ4n) is 3.20. The standard InChI is InChI=1S/C19H27N5OS/c1-4-25-18-8-6-5-7-17(18)20-19(26)24-11-9-23(10-12-24)14-16-13-22(3)21-15(16)2/h5-8,13H,4,9-12,14H2,1-3H3,(H,20,26). The van der Waals surface area contributed by atoms with Crippen molar-refractivity contribution in [2.24, 2.45) is 7.05 Å². The van der Waals surface area contributed by atoms with Gasteiger partial charge in [0.2, 0.25) is 0 Å². The van der Waals surface area contributed by atoms with E-state index in [9.17, 15) is 0 Å². The highest BCUT2D eigenvalue weighted by Crippen LogP contribution is 2.24. The number of piperazine rings is 1. The number of nitrogens with zero attached hydrogens (tertiary/aromatic N) is 4. The predicted molar refractivity (Wildman–Crippen MR) is 109 cm³/mol. The van der Waals surface area contributed by atoms with Gasteiger partial charge in [0.05, 0.1) is 18.0 Å². The molecule has 140 valence electrons. The van der Waals surface area contributed by atoms with Gasteiger partial charge in [-0.3, -0.25) is 9.58 Å². The average molecular weight is 374 g/mol. The first-order chi connectivity index (χ1) is 12.6. The first kappa shape index (κ1) is 18.7. The van der Waals surface area contributed by atoms with E-state index in [2.05, 4.69) is 33.3 Å². The second-order valence-corrected chi connectivity index (χ2v) is 6.92. The molecule has 1 aliphatic heterocycles. The highest BCUT2D eigenvalue weighted by molar-refractivity contribution is 7.80. The fraction of sp³-hybridized carbons (Fsp3) is 0.474. The van der Waals surface area contributed by atoms with Crippen molar-refractivity contribution in [3.8, 4) is 5.75 Å². The number of ether oxygens (including phenoxy) is 1. The molecule has 1 fully saturated rings. The summed E-state index contributed by atoms with van der Waals surface area (Å²) in [5, 5.41) is 8.53. The lowest BCUT2D eigenvalue weighted by Crippen LogP contribution is -2.49. The first-order valence-corrected chi connectivity index (χ1v) is 9.47. The SMILES string of the molecule is CCOc1ccccc1NC(=S)N1CCN(Cc2cn(C)nc2C)CC1. The number of benzene rings is 1. The zero-order chi connectivity index (χ0) is 18.5. The molecule has 1 saturated heterocycles. The van der Waals surface area contributed by atoms with Crippen molar-refractivity contribution in [3.05, 3.63) is 41.7 Å². The molecule has 26 heavy (non-hydrogen) atoms. The number of hydrogen-bond donors (Lipinski definition) is 1. The molecule has 2 heterocycles. The molecule has 7 heteroatoms. The Bertz CT molecular complexity index is 752. The maximum Gasteiger partial charge on any atom is 0.173 e. The molecule has 0 spiro atoms. The molecule has 1 aromatic carbocycles. The van der Waals surface area contributed by atoms with E-state index < -0.39 is 0 Å². The van der Waals surface area contributed by atoms with Gasteiger partial charge in [-0.25, -0.2) is 0 Å². The molecule has 0 radical (unpaired) electrons. The van der Waals surface area contributed by atoms with Crippen LogP contribution >= 0.6 is 12.2 Å². The van der Waals surface area contributed by atoms with Crippen LogP contribution in [0.15, 0.2) is 30.5 Å². The van der Waals surface area contributed by atoms with Crippen LogP contribution in [0.3, 0.4) is 0 Å². The van der Waals surface area contributed by atoms with E-state index in [1.165, 1.54) is 5.56 Å². The number of aromatic nitrogens is 2. The van der Waals surface area contributed by atoms with Crippen molar-refractivity contribution in [3.63, 3.8) is 0 Å². The largest absolute Gasteiger partial charge is 0.492 e. The van der Waals surface area contributed by atoms with Gasteiger partial charge < -0.3 is 15.0 Å². The summed E-state index contributed by atoms with van der Waals surface area (Å²) >= 11 is 5.62. The molecular formula is C19H27N5OS. The number of rotatable bonds is 5. The van der Waals surface area contributed by atoms with Crippen LogP contribution in [0, 0.1) is 6.92 Å². The average Bonchev–Trinajstić information content (AvgIpc) is 2.94. The van der Waals surface area contributed by atoms with Crippen LogP contribution in [0.25, 0.3) is 0 Å². The highest BCUT2D eigenvalue weighted by atomic mass is 32.1. The van der Waals surface area contributed by atoms with Crippen molar-refractivity contribution in [2.45, 2.75) is 20.4 Å². The van der Waals surface area contributed by atoms with Crippen LogP contribution in [0.5, 0.6) is 5.75 Å². The number of aryl methyl sites for hydroxylation is 2. The molecule has 0 atom stereocenters. The molecule has 2 aromatic rings. The first-order valence-electron chi connectivity index (χ1n) is 9.06. The summed E-state index contributed by atoms with van der Waals surface area (Å²) in [4.78, 5) is 4.68. The Hall–Kier alpha value is -2.12. The maximum absolute atomic E-state index is 5.67. The Morgan fingerprint density at radius 2 is 1.96 bits per heavy atom. The van der Waals surface area contributed by atoms with Gasteiger partial charge >= 0.3 is 0 Å². The molecule has 1 N–H and O–H groups in total. The second kappa shape index (κ2) is 8.51. The van der Waals surface area contributed by atoms with Gasteiger partial charge in [-0.2, -0.15) is 5.10 Å². The van der Waals surface area contributed by atoms with Crippen LogP contribution < -0.4 is 10.1 Å². The quantitative estimate of drug-likeness (QED) is 0.813. The van der Waals surface area contributed by atoms with Crippen molar-refractivity contribution in [1.82, 2.24) is 19.6 Å². The van der Waals surface area contributed by atoms with Gasteiger partial charge in [-0.15, -0.1) is 0 Å². The summed E-state index contributed by atoms with van der Waals surface area (Å²) in [7, 11) is 1.97. The fourth-order valence-corrected chi connectivity index (χ4v) is 3.49. The predicted octanol–water partition coefficient (Wildman–Crippen LogP) is 2.64. The molecule has 0 amide bonds. The third kappa shape index (κ3) is 4.53. The van der Waals surface area contributed by atoms with E-state index in [4.69, 9.17) is 17.0 Å². The number of para-hydroxylation sites is 2. The second-order valence-electron chi connectivity index (χ2n) is 6.54. The van der Waals surface area contributed by atoms with Crippen LogP contribution in [-0.2, 0) is 13.6 Å². The Morgan fingerprint density at radius 3 is 2.62 bits per heavy atom. The smallest absolute Gasteiger partial charge is 0.173 e. The molecule has 3 rings (SSSR count). The van der Waals surface area contributed by atoms with E-state index >= 15 is 0 Å². The van der Waals surface area contributed by atoms with Crippen LogP contribution in [0.2, 0.25) is 0 Å². The lowest BCUT2D eigenvalue weighted by atomic mass is 10.2. The maximum atomic E-state index is 5.67. The lowest BCUT2D eigenvalue weighted by molar-refractivity contribution is 0.176. The number of nitrogens with one attached hydrogen (secondary N) is 1. The number of anilines is 1. The molecule has 6 nitrogen and oxygen atoms in total. The third-order valence-corrected chi connectivity index (χ3v) is 4.96. The van der Waals surface area contributed by atoms with Crippen molar-refractivity contribution in [2.75, 3.05) is 38.1 Å². The number of hydrogen-bond acceptors (Lipinski definition) is 4. The van der Waals surface area contributed by atoms with E-state index in [1.54, 1.807) is 0 Å². The third-order valence-electron chi connectivity index (χ3n) is 4.60. The minimum atomic E-state index is 0.637. The Kier molecular flexibility index (Phi) is 6.11. The number of thiocarbonyl (C=S) groups is 1. The summed E-state index contributed by atoms with van der Waals surface area (Å²) in [5.74, 6) is 0.836. The molecule has 0 aliphatic carbocycles. The van der Waals surface area contributed by atoms with E-state index in [-0.39, 0.29) is 0 Å². The summed E-state index contributed by atoms with van der Waals surface area (Å²) in [6.07, 6.45) is 2.11. The van der Waals surface area contributed by atoms with Gasteiger partial charge in [0, 0.05) is 51.5 Å². The van der Waals surface area contributed by atoms with Gasteiger partial charge in [0.15, 0.2) is 5.11 Å². The topological polar surface area (TPSA) is 45.6 Å². The molecule has 1 aromatic heterocycles. The minimum absolute atomic E-state index is 0.637. The van der Waals surface area contributed by atoms with E-state index in [0.717, 1.165) is 55.0 Å². The summed E-state index contributed by atoms with van der Waals surface area (Å²) < 4.78 is 7.55. The van der Waals surface area contributed by atoms with Crippen molar-refractivity contribution >= 4 is 23.0 Å². The molecule has 0 bridgehead atoms. The summed E-state index contributed by atoms with van der Waals surface area (Å²) in [6.45, 7) is 9.45. The molecule has 0 unspecified atom stereocenters. The molecule has 1 aliphatic rings. The van der Waals surface area contributed by atoms with Gasteiger partial charge in [-0.1, -0.05) is 12.1 Å². The monoisotopic (exact) mass is 373 g/mol. The lowest BCUT2D eigenvalue weighted by Gasteiger charge is -2.36. The molecule has 0 saturated carbocycles. The van der Waals surface area contributed by atoms with E-state index in [0.29, 0.717) is 6.61 Å². The van der Waals surface area contributed by atoms with Crippen LogP contribution in [0.4, 0.5) is 5.69 Å². The normalized spacial score (nSPS) is 15.1. The van der Waals surface area contributed by atoms with Gasteiger partial charge in [-0.05, 0) is 38.2 Å². The van der Waals surface area contributed by atoms with Crippen molar-refractivity contribution < 1.29 is 4.74 Å². The zero-order valence-electron chi connectivity index (χ0n) is 15.7. The van der Waals surface area contributed by atoms with Crippen molar-refractivity contribution in [1.29, 1.82) is 0 Å². The van der Waals surface area contributed by atoms with Gasteiger partial charge in [0.1, 0.15) is 5.75 Å². The zero-order valence-corrected chi connectivity index (χ0v) is 16.6. The Balaban J connectivity index is 1.53. The highest BCUT2D eigenvalue weighted by Gasteiger charge is 2.20. The van der Waals surface area contributed by atoms with Crippen LogP contribution in [0.1, 0.15) is 18.2 Å². The summed E-state index contributed by atoms with van der Waals surface area (Å²) in [5.41, 5.74) is 3.33. The molecular weight excluding hydrogens is 346 g/mol. The minimum Gasteiger partial charge on any atom is -0.492 e. The van der Waals surface area contributed by atoms with E-state index in [1.807, 2.05) is 42.9 Å². The van der Waals surface area contributed by atoms with Gasteiger partial charge in [0.25, 0.3) is 0 Å². The Labute approximate surface area is 160 Å². The Morgan fingerprint density at radius 1 is 1.23 bits per heavy atom. The summed E-state index contributed by atoms with van der Waals surface area (Å²) in [6, 6.07) is 7.92. The van der Waals surface area contributed by atoms with Crippen LogP contribution in [-0.4, -0.2) is 57.5 Å².